The lowest BCUT2D eigenvalue weighted by Gasteiger charge is -2.22. The quantitative estimate of drug-likeness (QED) is 0.334. The number of aliphatic imine (C=N–C) groups is 1. The van der Waals surface area contributed by atoms with Gasteiger partial charge in [0.2, 0.25) is 0 Å². The van der Waals surface area contributed by atoms with Gasteiger partial charge in [0.1, 0.15) is 0 Å². The molecule has 3 heterocycles. The third-order valence-corrected chi connectivity index (χ3v) is 5.69. The highest BCUT2D eigenvalue weighted by molar-refractivity contribution is 14.0. The molecule has 2 aliphatic rings. The number of nitrogens with zero attached hydrogens (tertiary/aromatic N) is 1. The summed E-state index contributed by atoms with van der Waals surface area (Å²) < 4.78 is 5.95. The fraction of sp³-hybridized carbons (Fsp3) is 0.571. The summed E-state index contributed by atoms with van der Waals surface area (Å²) in [6.45, 7) is 5.97. The SMILES string of the molecule is CCNC(=NCCc1c[nH]c2c(CC)cccc12)NC1CC2CCC1O2.I. The van der Waals surface area contributed by atoms with Gasteiger partial charge < -0.3 is 20.4 Å². The molecule has 2 fully saturated rings. The molecule has 5 nitrogen and oxygen atoms in total. The fourth-order valence-electron chi connectivity index (χ4n) is 4.35. The molecule has 2 aliphatic heterocycles. The predicted molar refractivity (Wildman–Crippen MR) is 122 cm³/mol. The lowest BCUT2D eigenvalue weighted by molar-refractivity contribution is 0.0992. The average molecular weight is 482 g/mol. The van der Waals surface area contributed by atoms with Gasteiger partial charge in [-0.25, -0.2) is 0 Å². The first kappa shape index (κ1) is 20.5. The van der Waals surface area contributed by atoms with Crippen LogP contribution in [0.25, 0.3) is 10.9 Å². The number of ether oxygens (including phenoxy) is 1. The van der Waals surface area contributed by atoms with Crippen molar-refractivity contribution < 1.29 is 4.74 Å². The third kappa shape index (κ3) is 4.42. The standard InChI is InChI=1S/C21H30N4O.HI/c1-3-14-6-5-7-17-15(13-24-20(14)17)10-11-23-21(22-4-2)25-18-12-16-8-9-19(18)26-16;/h5-7,13,16,18-19,24H,3-4,8-12H2,1-2H3,(H2,22,23,25);1H. The summed E-state index contributed by atoms with van der Waals surface area (Å²) in [6, 6.07) is 6.97. The van der Waals surface area contributed by atoms with Crippen molar-refractivity contribution in [3.05, 3.63) is 35.5 Å². The second kappa shape index (κ2) is 9.28. The zero-order valence-electron chi connectivity index (χ0n) is 16.3. The summed E-state index contributed by atoms with van der Waals surface area (Å²) in [4.78, 5) is 8.26. The lowest BCUT2D eigenvalue weighted by atomic mass is 9.96. The summed E-state index contributed by atoms with van der Waals surface area (Å²) in [5.41, 5.74) is 4.00. The van der Waals surface area contributed by atoms with Crippen LogP contribution in [-0.4, -0.2) is 42.3 Å². The molecule has 2 saturated heterocycles. The molecule has 1 aromatic heterocycles. The van der Waals surface area contributed by atoms with Gasteiger partial charge in [0.15, 0.2) is 5.96 Å². The highest BCUT2D eigenvalue weighted by Crippen LogP contribution is 2.34. The topological polar surface area (TPSA) is 61.4 Å². The van der Waals surface area contributed by atoms with Crippen LogP contribution in [0.2, 0.25) is 0 Å². The van der Waals surface area contributed by atoms with E-state index in [9.17, 15) is 0 Å². The van der Waals surface area contributed by atoms with Crippen LogP contribution in [0, 0.1) is 0 Å². The molecule has 148 valence electrons. The molecule has 27 heavy (non-hydrogen) atoms. The van der Waals surface area contributed by atoms with Gasteiger partial charge in [-0.2, -0.15) is 0 Å². The van der Waals surface area contributed by atoms with E-state index in [1.807, 2.05) is 0 Å². The number of halogens is 1. The van der Waals surface area contributed by atoms with Crippen molar-refractivity contribution in [3.63, 3.8) is 0 Å². The van der Waals surface area contributed by atoms with E-state index in [2.05, 4.69) is 53.9 Å². The summed E-state index contributed by atoms with van der Waals surface area (Å²) in [6.07, 6.45) is 8.46. The first-order valence-electron chi connectivity index (χ1n) is 10.1. The number of aromatic nitrogens is 1. The minimum Gasteiger partial charge on any atom is -0.373 e. The van der Waals surface area contributed by atoms with Crippen LogP contribution in [0.15, 0.2) is 29.4 Å². The molecule has 1 aromatic carbocycles. The molecular formula is C21H31IN4O. The van der Waals surface area contributed by atoms with Crippen LogP contribution < -0.4 is 10.6 Å². The fourth-order valence-corrected chi connectivity index (χ4v) is 4.35. The van der Waals surface area contributed by atoms with Crippen molar-refractivity contribution in [1.29, 1.82) is 0 Å². The largest absolute Gasteiger partial charge is 0.373 e. The number of hydrogen-bond acceptors (Lipinski definition) is 2. The van der Waals surface area contributed by atoms with Crippen LogP contribution in [0.5, 0.6) is 0 Å². The Morgan fingerprint density at radius 1 is 1.26 bits per heavy atom. The molecule has 6 heteroatoms. The van der Waals surface area contributed by atoms with E-state index in [4.69, 9.17) is 9.73 Å². The smallest absolute Gasteiger partial charge is 0.191 e. The van der Waals surface area contributed by atoms with E-state index >= 15 is 0 Å². The van der Waals surface area contributed by atoms with Crippen LogP contribution in [-0.2, 0) is 17.6 Å². The number of nitrogens with one attached hydrogen (secondary N) is 3. The number of aromatic amines is 1. The van der Waals surface area contributed by atoms with Gasteiger partial charge >= 0.3 is 0 Å². The van der Waals surface area contributed by atoms with Gasteiger partial charge in [0.25, 0.3) is 0 Å². The van der Waals surface area contributed by atoms with E-state index in [-0.39, 0.29) is 24.0 Å². The lowest BCUT2D eigenvalue weighted by Crippen LogP contribution is -2.47. The molecule has 0 saturated carbocycles. The molecule has 0 spiro atoms. The van der Waals surface area contributed by atoms with Gasteiger partial charge in [-0.15, -0.1) is 24.0 Å². The number of fused-ring (bicyclic) bond motifs is 3. The van der Waals surface area contributed by atoms with Gasteiger partial charge in [-0.05, 0) is 50.2 Å². The Labute approximate surface area is 178 Å². The van der Waals surface area contributed by atoms with E-state index in [1.165, 1.54) is 34.9 Å². The molecule has 2 aromatic rings. The highest BCUT2D eigenvalue weighted by atomic mass is 127. The van der Waals surface area contributed by atoms with Crippen LogP contribution >= 0.6 is 24.0 Å². The monoisotopic (exact) mass is 482 g/mol. The molecule has 4 rings (SSSR count). The maximum absolute atomic E-state index is 5.95. The molecule has 0 radical (unpaired) electrons. The van der Waals surface area contributed by atoms with Crippen molar-refractivity contribution in [2.24, 2.45) is 4.99 Å². The Balaban J connectivity index is 0.00000210. The second-order valence-corrected chi connectivity index (χ2v) is 7.38. The molecule has 3 atom stereocenters. The number of para-hydroxylation sites is 1. The first-order valence-corrected chi connectivity index (χ1v) is 10.1. The Kier molecular flexibility index (Phi) is 7.03. The Bertz CT molecular complexity index is 788. The minimum atomic E-state index is 0. The average Bonchev–Trinajstić information content (AvgIpc) is 3.37. The van der Waals surface area contributed by atoms with E-state index < -0.39 is 0 Å². The number of rotatable bonds is 6. The summed E-state index contributed by atoms with van der Waals surface area (Å²) in [5, 5.41) is 8.30. The maximum Gasteiger partial charge on any atom is 0.191 e. The molecule has 3 N–H and O–H groups in total. The van der Waals surface area contributed by atoms with Crippen LogP contribution in [0.4, 0.5) is 0 Å². The van der Waals surface area contributed by atoms with Crippen molar-refractivity contribution in [2.75, 3.05) is 13.1 Å². The summed E-state index contributed by atoms with van der Waals surface area (Å²) in [7, 11) is 0. The molecule has 0 amide bonds. The van der Waals surface area contributed by atoms with E-state index in [0.717, 1.165) is 38.3 Å². The minimum absolute atomic E-state index is 0. The predicted octanol–water partition coefficient (Wildman–Crippen LogP) is 3.77. The number of guanidine groups is 1. The van der Waals surface area contributed by atoms with Crippen LogP contribution in [0.1, 0.15) is 44.2 Å². The Morgan fingerprint density at radius 3 is 2.85 bits per heavy atom. The van der Waals surface area contributed by atoms with E-state index in [0.29, 0.717) is 18.2 Å². The zero-order chi connectivity index (χ0) is 17.9. The van der Waals surface area contributed by atoms with Gasteiger partial charge in [0.05, 0.1) is 18.2 Å². The Morgan fingerprint density at radius 2 is 2.15 bits per heavy atom. The third-order valence-electron chi connectivity index (χ3n) is 5.69. The van der Waals surface area contributed by atoms with Gasteiger partial charge in [0, 0.05) is 30.2 Å². The number of hydrogen-bond donors (Lipinski definition) is 3. The molecule has 0 aliphatic carbocycles. The van der Waals surface area contributed by atoms with Crippen molar-refractivity contribution in [2.45, 2.75) is 64.2 Å². The van der Waals surface area contributed by atoms with Crippen molar-refractivity contribution in [1.82, 2.24) is 15.6 Å². The van der Waals surface area contributed by atoms with Gasteiger partial charge in [-0.1, -0.05) is 25.1 Å². The van der Waals surface area contributed by atoms with Crippen molar-refractivity contribution in [3.8, 4) is 0 Å². The maximum atomic E-state index is 5.95. The highest BCUT2D eigenvalue weighted by Gasteiger charge is 2.41. The Hall–Kier alpha value is -1.28. The molecule has 3 unspecified atom stereocenters. The molecule has 2 bridgehead atoms. The summed E-state index contributed by atoms with van der Waals surface area (Å²) in [5.74, 6) is 0.919. The first-order chi connectivity index (χ1) is 12.8. The van der Waals surface area contributed by atoms with Crippen LogP contribution in [0.3, 0.4) is 0 Å². The van der Waals surface area contributed by atoms with Gasteiger partial charge in [-0.3, -0.25) is 4.99 Å². The summed E-state index contributed by atoms with van der Waals surface area (Å²) >= 11 is 0. The normalized spacial score (nSPS) is 24.2. The van der Waals surface area contributed by atoms with E-state index in [1.54, 1.807) is 0 Å². The number of aryl methyl sites for hydroxylation is 1. The molecular weight excluding hydrogens is 451 g/mol. The van der Waals surface area contributed by atoms with Crippen molar-refractivity contribution >= 4 is 40.8 Å². The second-order valence-electron chi connectivity index (χ2n) is 7.38. The zero-order valence-corrected chi connectivity index (χ0v) is 18.6. The number of benzene rings is 1. The number of H-pyrrole nitrogens is 1.